The summed E-state index contributed by atoms with van der Waals surface area (Å²) in [5, 5.41) is 3.89. The number of para-hydroxylation sites is 2. The van der Waals surface area contributed by atoms with Crippen molar-refractivity contribution < 1.29 is 32.2 Å². The van der Waals surface area contributed by atoms with Gasteiger partial charge in [0.05, 0.1) is 46.6 Å². The molecule has 0 bridgehead atoms. The van der Waals surface area contributed by atoms with Crippen molar-refractivity contribution in [2.24, 2.45) is 5.10 Å². The number of hydrogen-bond acceptors (Lipinski definition) is 8. The minimum Gasteiger partial charge on any atom is -0.495 e. The van der Waals surface area contributed by atoms with Crippen LogP contribution >= 0.6 is 0 Å². The van der Waals surface area contributed by atoms with E-state index >= 15 is 0 Å². The molecule has 2 aromatic rings. The van der Waals surface area contributed by atoms with Crippen molar-refractivity contribution in [3.8, 4) is 23.0 Å². The quantitative estimate of drug-likeness (QED) is 0.431. The van der Waals surface area contributed by atoms with Gasteiger partial charge in [0.2, 0.25) is 15.8 Å². The molecule has 0 aliphatic rings. The molecule has 0 unspecified atom stereocenters. The molecule has 0 aliphatic carbocycles. The lowest BCUT2D eigenvalue weighted by molar-refractivity contribution is -0.119. The first kappa shape index (κ1) is 23.8. The van der Waals surface area contributed by atoms with Crippen LogP contribution in [0.15, 0.2) is 41.5 Å². The van der Waals surface area contributed by atoms with E-state index < -0.39 is 22.5 Å². The number of anilines is 1. The molecule has 0 saturated heterocycles. The SMILES string of the molecule is COc1ccccc1N(CC(=O)N/N=C\c1cc(OC)c(OC)c(OC)c1)S(C)(=O)=O. The Morgan fingerprint density at radius 3 is 2.10 bits per heavy atom. The van der Waals surface area contributed by atoms with Crippen molar-refractivity contribution in [2.75, 3.05) is 45.5 Å². The summed E-state index contributed by atoms with van der Waals surface area (Å²) in [5.74, 6) is 0.955. The highest BCUT2D eigenvalue weighted by Crippen LogP contribution is 2.37. The summed E-state index contributed by atoms with van der Waals surface area (Å²) in [6, 6.07) is 9.80. The summed E-state index contributed by atoms with van der Waals surface area (Å²) >= 11 is 0. The summed E-state index contributed by atoms with van der Waals surface area (Å²) in [5.41, 5.74) is 3.13. The van der Waals surface area contributed by atoms with Crippen LogP contribution in [0.2, 0.25) is 0 Å². The Kier molecular flexibility index (Phi) is 8.08. The predicted molar refractivity (Wildman–Crippen MR) is 117 cm³/mol. The van der Waals surface area contributed by atoms with Crippen molar-refractivity contribution in [1.82, 2.24) is 5.43 Å². The summed E-state index contributed by atoms with van der Waals surface area (Å²) in [6.07, 6.45) is 2.38. The van der Waals surface area contributed by atoms with Crippen LogP contribution in [0.3, 0.4) is 0 Å². The Balaban J connectivity index is 2.18. The van der Waals surface area contributed by atoms with Gasteiger partial charge in [-0.25, -0.2) is 13.8 Å². The molecule has 11 heteroatoms. The lowest BCUT2D eigenvalue weighted by Crippen LogP contribution is -2.39. The number of benzene rings is 2. The van der Waals surface area contributed by atoms with E-state index in [2.05, 4.69) is 10.5 Å². The third-order valence-corrected chi connectivity index (χ3v) is 5.26. The van der Waals surface area contributed by atoms with Gasteiger partial charge in [-0.05, 0) is 24.3 Å². The average Bonchev–Trinajstić information content (AvgIpc) is 2.75. The number of hydrogen-bond donors (Lipinski definition) is 1. The number of nitrogens with zero attached hydrogens (tertiary/aromatic N) is 2. The topological polar surface area (TPSA) is 116 Å². The van der Waals surface area contributed by atoms with E-state index in [0.29, 0.717) is 28.6 Å². The lowest BCUT2D eigenvalue weighted by Gasteiger charge is -2.23. The molecule has 31 heavy (non-hydrogen) atoms. The molecule has 0 spiro atoms. The number of rotatable bonds is 10. The van der Waals surface area contributed by atoms with Gasteiger partial charge < -0.3 is 18.9 Å². The van der Waals surface area contributed by atoms with Gasteiger partial charge in [0.1, 0.15) is 12.3 Å². The van der Waals surface area contributed by atoms with Crippen LogP contribution in [0.4, 0.5) is 5.69 Å². The van der Waals surface area contributed by atoms with Gasteiger partial charge in [-0.3, -0.25) is 9.10 Å². The molecule has 2 rings (SSSR count). The Labute approximate surface area is 181 Å². The zero-order chi connectivity index (χ0) is 23.0. The first-order valence-electron chi connectivity index (χ1n) is 8.97. The van der Waals surface area contributed by atoms with Gasteiger partial charge in [0, 0.05) is 5.56 Å². The number of amides is 1. The average molecular weight is 452 g/mol. The van der Waals surface area contributed by atoms with Crippen LogP contribution in [-0.4, -0.2) is 61.8 Å². The van der Waals surface area contributed by atoms with Crippen molar-refractivity contribution in [3.05, 3.63) is 42.0 Å². The molecule has 0 aliphatic heterocycles. The standard InChI is InChI=1S/C20H25N3O7S/c1-27-16-9-7-6-8-15(16)23(31(5,25)26)13-19(24)22-21-12-14-10-17(28-2)20(30-4)18(11-14)29-3/h6-12H,13H2,1-5H3,(H,22,24)/b21-12-. The predicted octanol–water partition coefficient (Wildman–Crippen LogP) is 1.64. The second-order valence-corrected chi connectivity index (χ2v) is 8.10. The van der Waals surface area contributed by atoms with Crippen LogP contribution in [0.25, 0.3) is 0 Å². The molecule has 168 valence electrons. The van der Waals surface area contributed by atoms with Gasteiger partial charge >= 0.3 is 0 Å². The third-order valence-electron chi connectivity index (χ3n) is 4.13. The lowest BCUT2D eigenvalue weighted by atomic mass is 10.2. The normalized spacial score (nSPS) is 11.1. The van der Waals surface area contributed by atoms with Crippen molar-refractivity contribution in [1.29, 1.82) is 0 Å². The van der Waals surface area contributed by atoms with Crippen LogP contribution in [0.1, 0.15) is 5.56 Å². The molecule has 0 atom stereocenters. The minimum atomic E-state index is -3.75. The van der Waals surface area contributed by atoms with Gasteiger partial charge in [-0.1, -0.05) is 12.1 Å². The largest absolute Gasteiger partial charge is 0.495 e. The fraction of sp³-hybridized carbons (Fsp3) is 0.300. The zero-order valence-corrected chi connectivity index (χ0v) is 18.7. The summed E-state index contributed by atoms with van der Waals surface area (Å²) < 4.78 is 46.4. The van der Waals surface area contributed by atoms with Crippen molar-refractivity contribution in [3.63, 3.8) is 0 Å². The fourth-order valence-corrected chi connectivity index (χ4v) is 3.60. The monoisotopic (exact) mass is 451 g/mol. The molecule has 2 aromatic carbocycles. The van der Waals surface area contributed by atoms with Crippen LogP contribution in [-0.2, 0) is 14.8 Å². The van der Waals surface area contributed by atoms with Gasteiger partial charge in [-0.2, -0.15) is 5.10 Å². The minimum absolute atomic E-state index is 0.247. The fourth-order valence-electron chi connectivity index (χ4n) is 2.74. The molecule has 0 fully saturated rings. The first-order chi connectivity index (χ1) is 14.7. The van der Waals surface area contributed by atoms with Gasteiger partial charge in [-0.15, -0.1) is 0 Å². The van der Waals surface area contributed by atoms with E-state index in [1.54, 1.807) is 36.4 Å². The highest BCUT2D eigenvalue weighted by Gasteiger charge is 2.23. The molecule has 0 radical (unpaired) electrons. The maximum atomic E-state index is 12.4. The molecule has 1 amide bonds. The molecular weight excluding hydrogens is 426 g/mol. The van der Waals surface area contributed by atoms with E-state index in [1.807, 2.05) is 0 Å². The smallest absolute Gasteiger partial charge is 0.260 e. The number of methoxy groups -OCH3 is 4. The Morgan fingerprint density at radius 2 is 1.58 bits per heavy atom. The van der Waals surface area contributed by atoms with Crippen LogP contribution in [0.5, 0.6) is 23.0 Å². The molecule has 0 aromatic heterocycles. The van der Waals surface area contributed by atoms with E-state index in [4.69, 9.17) is 18.9 Å². The van der Waals surface area contributed by atoms with Crippen molar-refractivity contribution in [2.45, 2.75) is 0 Å². The highest BCUT2D eigenvalue weighted by molar-refractivity contribution is 7.92. The number of carbonyl (C=O) groups is 1. The van der Waals surface area contributed by atoms with E-state index in [1.165, 1.54) is 34.7 Å². The van der Waals surface area contributed by atoms with E-state index in [9.17, 15) is 13.2 Å². The molecule has 0 saturated carbocycles. The molecular formula is C20H25N3O7S. The van der Waals surface area contributed by atoms with Crippen LogP contribution in [0, 0.1) is 0 Å². The Hall–Kier alpha value is -3.47. The number of hydrazone groups is 1. The van der Waals surface area contributed by atoms with E-state index in [0.717, 1.165) is 10.6 Å². The third kappa shape index (κ3) is 6.01. The van der Waals surface area contributed by atoms with Gasteiger partial charge in [0.15, 0.2) is 11.5 Å². The number of carbonyl (C=O) groups excluding carboxylic acids is 1. The molecule has 1 N–H and O–H groups in total. The van der Waals surface area contributed by atoms with E-state index in [-0.39, 0.29) is 5.69 Å². The summed E-state index contributed by atoms with van der Waals surface area (Å²) in [7, 11) is 2.12. The number of sulfonamides is 1. The van der Waals surface area contributed by atoms with Crippen LogP contribution < -0.4 is 28.7 Å². The Morgan fingerprint density at radius 1 is 1.00 bits per heavy atom. The first-order valence-corrected chi connectivity index (χ1v) is 10.8. The summed E-state index contributed by atoms with van der Waals surface area (Å²) in [6.45, 7) is -0.480. The maximum Gasteiger partial charge on any atom is 0.260 e. The summed E-state index contributed by atoms with van der Waals surface area (Å²) in [4.78, 5) is 12.4. The zero-order valence-electron chi connectivity index (χ0n) is 17.9. The van der Waals surface area contributed by atoms with Crippen molar-refractivity contribution >= 4 is 27.8 Å². The highest BCUT2D eigenvalue weighted by atomic mass is 32.2. The van der Waals surface area contributed by atoms with Gasteiger partial charge in [0.25, 0.3) is 5.91 Å². The maximum absolute atomic E-state index is 12.4. The Bertz CT molecular complexity index is 1030. The second-order valence-electron chi connectivity index (χ2n) is 6.19. The second kappa shape index (κ2) is 10.5. The molecule has 10 nitrogen and oxygen atoms in total. The molecule has 0 heterocycles. The number of nitrogens with one attached hydrogen (secondary N) is 1. The number of ether oxygens (including phenoxy) is 4.